The van der Waals surface area contributed by atoms with E-state index in [1.54, 1.807) is 30.4 Å². The van der Waals surface area contributed by atoms with Crippen LogP contribution < -0.4 is 14.7 Å². The molecule has 0 saturated carbocycles. The van der Waals surface area contributed by atoms with Gasteiger partial charge in [-0.05, 0) is 18.2 Å². The Labute approximate surface area is 138 Å². The molecule has 1 rings (SSSR count). The molecule has 4 N–H and O–H groups in total. The third-order valence-electron chi connectivity index (χ3n) is 2.77. The summed E-state index contributed by atoms with van der Waals surface area (Å²) in [6.45, 7) is 7.45. The molecular formula is C14H20IN4O2+. The van der Waals surface area contributed by atoms with Crippen LogP contribution in [0.1, 0.15) is 6.42 Å². The van der Waals surface area contributed by atoms with Crippen LogP contribution in [-0.4, -0.2) is 11.7 Å². The molecule has 0 saturated heterocycles. The molecule has 0 aromatic carbocycles. The SMILES string of the molecule is C=C/C=C(\C=C)[N+](N)(NI)C1=CC=C(O[NH+](C)[O-])CC=C1. The maximum absolute atomic E-state index is 11.0. The van der Waals surface area contributed by atoms with Gasteiger partial charge in [0.15, 0.2) is 17.2 Å². The summed E-state index contributed by atoms with van der Waals surface area (Å²) in [7, 11) is 1.37. The van der Waals surface area contributed by atoms with E-state index >= 15 is 0 Å². The van der Waals surface area contributed by atoms with E-state index < -0.39 is 0 Å². The molecular weight excluding hydrogens is 383 g/mol. The van der Waals surface area contributed by atoms with Gasteiger partial charge in [-0.15, -0.1) is 10.5 Å². The van der Waals surface area contributed by atoms with Gasteiger partial charge in [0.2, 0.25) is 0 Å². The first-order valence-electron chi connectivity index (χ1n) is 6.25. The number of halogens is 1. The van der Waals surface area contributed by atoms with Crippen LogP contribution in [-0.2, 0) is 4.84 Å². The Bertz CT molecular complexity index is 523. The van der Waals surface area contributed by atoms with E-state index in [-0.39, 0.29) is 9.93 Å². The molecule has 1 aliphatic rings. The van der Waals surface area contributed by atoms with E-state index in [0.29, 0.717) is 12.2 Å². The van der Waals surface area contributed by atoms with Gasteiger partial charge in [0.1, 0.15) is 7.05 Å². The monoisotopic (exact) mass is 403 g/mol. The second-order valence-electron chi connectivity index (χ2n) is 4.26. The molecule has 1 aliphatic carbocycles. The third-order valence-corrected chi connectivity index (χ3v) is 3.53. The van der Waals surface area contributed by atoms with Crippen LogP contribution in [0.3, 0.4) is 0 Å². The van der Waals surface area contributed by atoms with Crippen molar-refractivity contribution in [2.24, 2.45) is 5.84 Å². The van der Waals surface area contributed by atoms with Crippen molar-refractivity contribution in [3.8, 4) is 0 Å². The normalized spacial score (nSPS) is 19.7. The summed E-state index contributed by atoms with van der Waals surface area (Å²) >= 11 is 1.98. The molecule has 0 amide bonds. The summed E-state index contributed by atoms with van der Waals surface area (Å²) in [4.78, 5) is 5.11. The van der Waals surface area contributed by atoms with Crippen molar-refractivity contribution in [1.29, 1.82) is 0 Å². The number of nitrogens with two attached hydrogens (primary N) is 1. The largest absolute Gasteiger partial charge is 0.591 e. The highest BCUT2D eigenvalue weighted by Crippen LogP contribution is 2.23. The molecule has 6 nitrogen and oxygen atoms in total. The number of quaternary nitrogens is 2. The molecule has 0 aromatic heterocycles. The molecule has 0 spiro atoms. The molecule has 0 bridgehead atoms. The van der Waals surface area contributed by atoms with Crippen LogP contribution in [0.4, 0.5) is 0 Å². The predicted molar refractivity (Wildman–Crippen MR) is 91.3 cm³/mol. The topological polar surface area (TPSA) is 74.8 Å². The van der Waals surface area contributed by atoms with Gasteiger partial charge in [0.25, 0.3) is 0 Å². The second kappa shape index (κ2) is 8.27. The molecule has 7 heteroatoms. The number of hydrogen-bond acceptors (Lipinski definition) is 4. The Morgan fingerprint density at radius 2 is 2.29 bits per heavy atom. The van der Waals surface area contributed by atoms with Crippen LogP contribution in [0, 0.1) is 5.21 Å². The maximum Gasteiger partial charge on any atom is 0.177 e. The lowest BCUT2D eigenvalue weighted by molar-refractivity contribution is -1.03. The van der Waals surface area contributed by atoms with E-state index in [2.05, 4.69) is 16.8 Å². The van der Waals surface area contributed by atoms with E-state index in [1.807, 2.05) is 35.0 Å². The predicted octanol–water partition coefficient (Wildman–Crippen LogP) is 1.46. The van der Waals surface area contributed by atoms with Crippen LogP contribution in [0.5, 0.6) is 0 Å². The fourth-order valence-electron chi connectivity index (χ4n) is 1.79. The molecule has 2 unspecified atom stereocenters. The van der Waals surface area contributed by atoms with Gasteiger partial charge in [0, 0.05) is 18.6 Å². The number of nitrogens with one attached hydrogen (secondary N) is 2. The lowest BCUT2D eigenvalue weighted by Crippen LogP contribution is -3.02. The molecule has 2 atom stereocenters. The highest BCUT2D eigenvalue weighted by molar-refractivity contribution is 14.1. The van der Waals surface area contributed by atoms with Crippen molar-refractivity contribution in [3.63, 3.8) is 0 Å². The van der Waals surface area contributed by atoms with Crippen molar-refractivity contribution < 1.29 is 14.8 Å². The Kier molecular flexibility index (Phi) is 7.02. The zero-order valence-electron chi connectivity index (χ0n) is 11.9. The molecule has 21 heavy (non-hydrogen) atoms. The Balaban J connectivity index is 3.18. The van der Waals surface area contributed by atoms with Gasteiger partial charge in [-0.1, -0.05) is 28.9 Å². The third kappa shape index (κ3) is 4.63. The number of hydroxylamine groups is 2. The lowest BCUT2D eigenvalue weighted by atomic mass is 10.2. The van der Waals surface area contributed by atoms with E-state index in [0.717, 1.165) is 11.4 Å². The molecule has 0 heterocycles. The molecule has 0 fully saturated rings. The minimum atomic E-state index is -0.342. The van der Waals surface area contributed by atoms with Crippen LogP contribution >= 0.6 is 22.9 Å². The summed E-state index contributed by atoms with van der Waals surface area (Å²) in [6.07, 6.45) is 12.9. The molecule has 0 radical (unpaired) electrons. The van der Waals surface area contributed by atoms with Gasteiger partial charge >= 0.3 is 0 Å². The number of allylic oxidation sites excluding steroid dienone is 7. The number of hydrogen-bond donors (Lipinski definition) is 3. The lowest BCUT2D eigenvalue weighted by Gasteiger charge is -2.29. The summed E-state index contributed by atoms with van der Waals surface area (Å²) in [5.41, 5.74) is 1.49. The first-order chi connectivity index (χ1) is 9.97. The minimum Gasteiger partial charge on any atom is -0.591 e. The summed E-state index contributed by atoms with van der Waals surface area (Å²) in [6, 6.07) is 0. The standard InChI is InChI=1S/C14H20IN4O2/c1-4-7-12(5-2)19(16,17-15)13-8-6-9-14(11-10-13)21-18(3)20/h4-8,10-11,17-18H,1-2,9,16H2,3H3/q+1/b12-7+. The minimum absolute atomic E-state index is 0.156. The van der Waals surface area contributed by atoms with E-state index in [4.69, 9.17) is 10.7 Å². The number of rotatable bonds is 7. The Morgan fingerprint density at radius 1 is 1.57 bits per heavy atom. The van der Waals surface area contributed by atoms with E-state index in [1.165, 1.54) is 7.05 Å². The first-order valence-corrected chi connectivity index (χ1v) is 7.33. The average Bonchev–Trinajstić information content (AvgIpc) is 2.69. The van der Waals surface area contributed by atoms with Crippen LogP contribution in [0.25, 0.3) is 0 Å². The summed E-state index contributed by atoms with van der Waals surface area (Å²) in [5, 5.41) is 10.7. The Hall–Kier alpha value is -1.23. The molecule has 0 aromatic rings. The van der Waals surface area contributed by atoms with Gasteiger partial charge in [-0.2, -0.15) is 5.23 Å². The smallest absolute Gasteiger partial charge is 0.177 e. The van der Waals surface area contributed by atoms with Gasteiger partial charge in [-0.25, -0.2) is 0 Å². The fourth-order valence-corrected chi connectivity index (χ4v) is 2.35. The van der Waals surface area contributed by atoms with E-state index in [9.17, 15) is 5.21 Å². The second-order valence-corrected chi connectivity index (χ2v) is 4.75. The molecule has 114 valence electrons. The fraction of sp³-hybridized carbons (Fsp3) is 0.143. The quantitative estimate of drug-likeness (QED) is 0.150. The molecule has 0 aliphatic heterocycles. The van der Waals surface area contributed by atoms with Crippen molar-refractivity contribution in [2.45, 2.75) is 6.42 Å². The van der Waals surface area contributed by atoms with Gasteiger partial charge in [-0.3, -0.25) is 0 Å². The zero-order valence-corrected chi connectivity index (χ0v) is 14.0. The summed E-state index contributed by atoms with van der Waals surface area (Å²) < 4.78 is 2.85. The van der Waals surface area contributed by atoms with Crippen LogP contribution in [0.2, 0.25) is 0 Å². The van der Waals surface area contributed by atoms with Crippen molar-refractivity contribution in [1.82, 2.24) is 3.64 Å². The van der Waals surface area contributed by atoms with Crippen LogP contribution in [0.15, 0.2) is 72.8 Å². The average molecular weight is 403 g/mol. The maximum atomic E-state index is 11.0. The zero-order chi connectivity index (χ0) is 15.9. The van der Waals surface area contributed by atoms with Crippen molar-refractivity contribution >= 4 is 22.9 Å². The van der Waals surface area contributed by atoms with Gasteiger partial charge in [0.05, 0.1) is 22.9 Å². The van der Waals surface area contributed by atoms with Crippen molar-refractivity contribution in [2.75, 3.05) is 7.05 Å². The highest BCUT2D eigenvalue weighted by Gasteiger charge is 2.31. The van der Waals surface area contributed by atoms with Crippen molar-refractivity contribution in [3.05, 3.63) is 78.1 Å². The first kappa shape index (κ1) is 17.8. The Morgan fingerprint density at radius 3 is 2.81 bits per heavy atom. The highest BCUT2D eigenvalue weighted by atomic mass is 127. The number of nitrogens with zero attached hydrogens (tertiary/aromatic N) is 1. The van der Waals surface area contributed by atoms with Gasteiger partial charge < -0.3 is 10.0 Å². The summed E-state index contributed by atoms with van der Waals surface area (Å²) in [5.74, 6) is 6.97.